The zero-order valence-electron chi connectivity index (χ0n) is 11.1. The predicted molar refractivity (Wildman–Crippen MR) is 71.0 cm³/mol. The molecule has 0 saturated heterocycles. The minimum atomic E-state index is -0.394. The Kier molecular flexibility index (Phi) is 4.23. The van der Waals surface area contributed by atoms with Gasteiger partial charge in [-0.3, -0.25) is 0 Å². The highest BCUT2D eigenvalue weighted by atomic mass is 19.1. The third-order valence-corrected chi connectivity index (χ3v) is 3.96. The Morgan fingerprint density at radius 2 is 1.94 bits per heavy atom. The van der Waals surface area contributed by atoms with Crippen molar-refractivity contribution in [3.05, 3.63) is 29.6 Å². The summed E-state index contributed by atoms with van der Waals surface area (Å²) in [4.78, 5) is 0. The van der Waals surface area contributed by atoms with E-state index in [2.05, 4.69) is 12.2 Å². The number of aromatic hydroxyl groups is 1. The molecule has 0 aliphatic heterocycles. The molecule has 1 aromatic carbocycles. The van der Waals surface area contributed by atoms with Gasteiger partial charge in [-0.15, -0.1) is 0 Å². The SMILES string of the molecule is CC1CCC(NC(C)c2ccc(F)cc2O)CC1. The standard InChI is InChI=1S/C15H22FNO/c1-10-3-6-13(7-4-10)17-11(2)14-8-5-12(16)9-15(14)18/h5,8-11,13,17-18H,3-4,6-7H2,1-2H3. The Morgan fingerprint density at radius 3 is 2.56 bits per heavy atom. The van der Waals surface area contributed by atoms with Gasteiger partial charge in [-0.1, -0.05) is 13.0 Å². The van der Waals surface area contributed by atoms with Crippen LogP contribution < -0.4 is 5.32 Å². The van der Waals surface area contributed by atoms with E-state index in [1.807, 2.05) is 6.92 Å². The molecule has 1 fully saturated rings. The molecule has 1 atom stereocenters. The van der Waals surface area contributed by atoms with Crippen LogP contribution in [0, 0.1) is 11.7 Å². The van der Waals surface area contributed by atoms with Crippen molar-refractivity contribution in [1.29, 1.82) is 0 Å². The summed E-state index contributed by atoms with van der Waals surface area (Å²) < 4.78 is 12.9. The predicted octanol–water partition coefficient (Wildman–Crippen LogP) is 3.76. The van der Waals surface area contributed by atoms with Crippen LogP contribution >= 0.6 is 0 Å². The normalized spacial score (nSPS) is 25.9. The van der Waals surface area contributed by atoms with Gasteiger partial charge in [-0.05, 0) is 44.6 Å². The maximum atomic E-state index is 12.9. The minimum absolute atomic E-state index is 0.0409. The molecule has 1 saturated carbocycles. The van der Waals surface area contributed by atoms with E-state index in [4.69, 9.17) is 0 Å². The van der Waals surface area contributed by atoms with Crippen molar-refractivity contribution < 1.29 is 9.50 Å². The second kappa shape index (κ2) is 5.70. The van der Waals surface area contributed by atoms with Crippen LogP contribution in [0.25, 0.3) is 0 Å². The lowest BCUT2D eigenvalue weighted by molar-refractivity contribution is 0.290. The average Bonchev–Trinajstić information content (AvgIpc) is 2.32. The maximum Gasteiger partial charge on any atom is 0.126 e. The van der Waals surface area contributed by atoms with Crippen LogP contribution in [0.4, 0.5) is 4.39 Å². The summed E-state index contributed by atoms with van der Waals surface area (Å²) in [7, 11) is 0. The van der Waals surface area contributed by atoms with Crippen molar-refractivity contribution >= 4 is 0 Å². The largest absolute Gasteiger partial charge is 0.508 e. The fraction of sp³-hybridized carbons (Fsp3) is 0.600. The van der Waals surface area contributed by atoms with Gasteiger partial charge in [-0.2, -0.15) is 0 Å². The van der Waals surface area contributed by atoms with Crippen molar-refractivity contribution in [1.82, 2.24) is 5.32 Å². The fourth-order valence-corrected chi connectivity index (χ4v) is 2.75. The Balaban J connectivity index is 1.97. The molecule has 18 heavy (non-hydrogen) atoms. The van der Waals surface area contributed by atoms with E-state index in [-0.39, 0.29) is 11.8 Å². The van der Waals surface area contributed by atoms with E-state index in [1.54, 1.807) is 6.07 Å². The molecule has 2 N–H and O–H groups in total. The van der Waals surface area contributed by atoms with E-state index < -0.39 is 5.82 Å². The molecular formula is C15H22FNO. The van der Waals surface area contributed by atoms with Crippen molar-refractivity contribution in [2.24, 2.45) is 5.92 Å². The first-order valence-corrected chi connectivity index (χ1v) is 6.80. The van der Waals surface area contributed by atoms with Crippen LogP contribution in [0.2, 0.25) is 0 Å². The lowest BCUT2D eigenvalue weighted by Crippen LogP contribution is -2.34. The van der Waals surface area contributed by atoms with Crippen LogP contribution in [-0.4, -0.2) is 11.1 Å². The quantitative estimate of drug-likeness (QED) is 0.857. The van der Waals surface area contributed by atoms with Crippen molar-refractivity contribution in [2.45, 2.75) is 51.6 Å². The van der Waals surface area contributed by atoms with Gasteiger partial charge in [0, 0.05) is 23.7 Å². The van der Waals surface area contributed by atoms with E-state index in [9.17, 15) is 9.50 Å². The van der Waals surface area contributed by atoms with Crippen molar-refractivity contribution in [3.8, 4) is 5.75 Å². The number of phenolic OH excluding ortho intramolecular Hbond substituents is 1. The van der Waals surface area contributed by atoms with Gasteiger partial charge in [-0.25, -0.2) is 4.39 Å². The summed E-state index contributed by atoms with van der Waals surface area (Å²) in [6.07, 6.45) is 4.90. The molecule has 1 aliphatic rings. The summed E-state index contributed by atoms with van der Waals surface area (Å²) in [6.45, 7) is 4.32. The van der Waals surface area contributed by atoms with Crippen molar-refractivity contribution in [3.63, 3.8) is 0 Å². The summed E-state index contributed by atoms with van der Waals surface area (Å²) in [5.74, 6) is 0.478. The van der Waals surface area contributed by atoms with Crippen LogP contribution in [0.1, 0.15) is 51.1 Å². The average molecular weight is 251 g/mol. The first-order chi connectivity index (χ1) is 8.56. The smallest absolute Gasteiger partial charge is 0.126 e. The maximum absolute atomic E-state index is 12.9. The van der Waals surface area contributed by atoms with Crippen molar-refractivity contribution in [2.75, 3.05) is 0 Å². The number of hydrogen-bond acceptors (Lipinski definition) is 2. The number of halogens is 1. The zero-order valence-corrected chi connectivity index (χ0v) is 11.1. The molecule has 3 heteroatoms. The highest BCUT2D eigenvalue weighted by molar-refractivity contribution is 5.34. The molecule has 0 radical (unpaired) electrons. The Labute approximate surface area is 108 Å². The van der Waals surface area contributed by atoms with E-state index in [0.717, 1.165) is 11.5 Å². The zero-order chi connectivity index (χ0) is 13.1. The molecular weight excluding hydrogens is 229 g/mol. The molecule has 0 bridgehead atoms. The molecule has 2 nitrogen and oxygen atoms in total. The summed E-state index contributed by atoms with van der Waals surface area (Å²) in [5, 5.41) is 13.3. The van der Waals surface area contributed by atoms with Gasteiger partial charge >= 0.3 is 0 Å². The topological polar surface area (TPSA) is 32.3 Å². The van der Waals surface area contributed by atoms with Crippen LogP contribution in [0.15, 0.2) is 18.2 Å². The van der Waals surface area contributed by atoms with Crippen LogP contribution in [0.3, 0.4) is 0 Å². The Hall–Kier alpha value is -1.09. The third-order valence-electron chi connectivity index (χ3n) is 3.96. The Morgan fingerprint density at radius 1 is 1.28 bits per heavy atom. The van der Waals surface area contributed by atoms with E-state index >= 15 is 0 Å². The monoisotopic (exact) mass is 251 g/mol. The second-order valence-corrected chi connectivity index (χ2v) is 5.55. The van der Waals surface area contributed by atoms with Gasteiger partial charge in [0.05, 0.1) is 0 Å². The first kappa shape index (κ1) is 13.3. The molecule has 0 spiro atoms. The molecule has 1 unspecified atom stereocenters. The molecule has 1 aromatic rings. The highest BCUT2D eigenvalue weighted by Gasteiger charge is 2.21. The van der Waals surface area contributed by atoms with E-state index in [0.29, 0.717) is 6.04 Å². The molecule has 0 amide bonds. The first-order valence-electron chi connectivity index (χ1n) is 6.80. The second-order valence-electron chi connectivity index (χ2n) is 5.55. The lowest BCUT2D eigenvalue weighted by atomic mass is 9.87. The van der Waals surface area contributed by atoms with Gasteiger partial charge in [0.25, 0.3) is 0 Å². The molecule has 0 heterocycles. The summed E-state index contributed by atoms with van der Waals surface area (Å²) in [5.41, 5.74) is 0.773. The molecule has 2 rings (SSSR count). The van der Waals surface area contributed by atoms with Gasteiger partial charge < -0.3 is 10.4 Å². The molecule has 1 aliphatic carbocycles. The number of rotatable bonds is 3. The van der Waals surface area contributed by atoms with Crippen LogP contribution in [0.5, 0.6) is 5.75 Å². The summed E-state index contributed by atoms with van der Waals surface area (Å²) >= 11 is 0. The van der Waals surface area contributed by atoms with Gasteiger partial charge in [0.15, 0.2) is 0 Å². The molecule has 100 valence electrons. The molecule has 0 aromatic heterocycles. The lowest BCUT2D eigenvalue weighted by Gasteiger charge is -2.30. The highest BCUT2D eigenvalue weighted by Crippen LogP contribution is 2.28. The minimum Gasteiger partial charge on any atom is -0.508 e. The van der Waals surface area contributed by atoms with Crippen LogP contribution in [-0.2, 0) is 0 Å². The Bertz CT molecular complexity index is 399. The van der Waals surface area contributed by atoms with E-state index in [1.165, 1.54) is 37.8 Å². The number of phenols is 1. The number of hydrogen-bond donors (Lipinski definition) is 2. The third kappa shape index (κ3) is 3.22. The van der Waals surface area contributed by atoms with Gasteiger partial charge in [0.2, 0.25) is 0 Å². The van der Waals surface area contributed by atoms with Gasteiger partial charge in [0.1, 0.15) is 11.6 Å². The summed E-state index contributed by atoms with van der Waals surface area (Å²) in [6, 6.07) is 4.81. The fourth-order valence-electron chi connectivity index (χ4n) is 2.75. The number of nitrogens with one attached hydrogen (secondary N) is 1. The number of benzene rings is 1.